The summed E-state index contributed by atoms with van der Waals surface area (Å²) in [6, 6.07) is 5.28. The van der Waals surface area contributed by atoms with Crippen molar-refractivity contribution in [3.63, 3.8) is 0 Å². The second-order valence-electron chi connectivity index (χ2n) is 2.19. The molecule has 0 aliphatic carbocycles. The fourth-order valence-electron chi connectivity index (χ4n) is 0.841. The summed E-state index contributed by atoms with van der Waals surface area (Å²) in [7, 11) is 1.71. The Morgan fingerprint density at radius 1 is 1.40 bits per heavy atom. The lowest BCUT2D eigenvalue weighted by atomic mass is 10.2. The molecule has 1 nitrogen and oxygen atoms in total. The van der Waals surface area contributed by atoms with Gasteiger partial charge in [-0.2, -0.15) is 0 Å². The van der Waals surface area contributed by atoms with E-state index in [1.54, 1.807) is 26.1 Å². The van der Waals surface area contributed by atoms with Crippen molar-refractivity contribution < 1.29 is 4.39 Å². The van der Waals surface area contributed by atoms with Gasteiger partial charge in [0.05, 0.1) is 5.69 Å². The molecule has 54 valence electrons. The van der Waals surface area contributed by atoms with Crippen LogP contribution in [0.4, 0.5) is 10.1 Å². The second kappa shape index (κ2) is 2.69. The van der Waals surface area contributed by atoms with Crippen molar-refractivity contribution in [3.8, 4) is 0 Å². The Morgan fingerprint density at radius 3 is 2.60 bits per heavy atom. The van der Waals surface area contributed by atoms with Crippen molar-refractivity contribution in [3.05, 3.63) is 29.6 Å². The highest BCUT2D eigenvalue weighted by Crippen LogP contribution is 2.15. The Balaban J connectivity index is 3.14. The number of hydrogen-bond acceptors (Lipinski definition) is 1. The van der Waals surface area contributed by atoms with E-state index in [1.807, 2.05) is 6.07 Å². The number of anilines is 1. The molecule has 0 unspecified atom stereocenters. The van der Waals surface area contributed by atoms with E-state index in [9.17, 15) is 4.39 Å². The maximum absolute atomic E-state index is 12.9. The third kappa shape index (κ3) is 1.10. The molecule has 0 radical (unpaired) electrons. The van der Waals surface area contributed by atoms with Crippen LogP contribution in [0.25, 0.3) is 0 Å². The molecule has 0 fully saturated rings. The molecular formula is C8H10FN. The Hall–Kier alpha value is -1.05. The van der Waals surface area contributed by atoms with Crippen molar-refractivity contribution in [2.24, 2.45) is 0 Å². The molecule has 0 spiro atoms. The van der Waals surface area contributed by atoms with E-state index in [4.69, 9.17) is 0 Å². The molecular weight excluding hydrogens is 129 g/mol. The van der Waals surface area contributed by atoms with Gasteiger partial charge in [-0.15, -0.1) is 0 Å². The third-order valence-corrected chi connectivity index (χ3v) is 1.46. The lowest BCUT2D eigenvalue weighted by Gasteiger charge is -2.02. The normalized spacial score (nSPS) is 9.50. The lowest BCUT2D eigenvalue weighted by Crippen LogP contribution is -1.93. The van der Waals surface area contributed by atoms with Crippen LogP contribution < -0.4 is 5.32 Å². The van der Waals surface area contributed by atoms with Crippen molar-refractivity contribution in [2.75, 3.05) is 12.4 Å². The molecule has 0 aromatic heterocycles. The fraction of sp³-hybridized carbons (Fsp3) is 0.250. The summed E-state index contributed by atoms with van der Waals surface area (Å²) in [6.07, 6.45) is 0. The molecule has 2 heteroatoms. The number of rotatable bonds is 1. The number of halogens is 1. The molecule has 1 rings (SSSR count). The van der Waals surface area contributed by atoms with Crippen molar-refractivity contribution in [1.29, 1.82) is 0 Å². The van der Waals surface area contributed by atoms with Gasteiger partial charge < -0.3 is 5.32 Å². The number of aryl methyl sites for hydroxylation is 1. The average molecular weight is 139 g/mol. The maximum Gasteiger partial charge on any atom is 0.149 e. The molecule has 0 atom stereocenters. The van der Waals surface area contributed by atoms with Crippen LogP contribution >= 0.6 is 0 Å². The molecule has 0 saturated carbocycles. The fourth-order valence-corrected chi connectivity index (χ4v) is 0.841. The average Bonchev–Trinajstić information content (AvgIpc) is 1.95. The first kappa shape index (κ1) is 7.06. The highest BCUT2D eigenvalue weighted by molar-refractivity contribution is 5.46. The lowest BCUT2D eigenvalue weighted by molar-refractivity contribution is 0.622. The first-order valence-electron chi connectivity index (χ1n) is 3.18. The van der Waals surface area contributed by atoms with Crippen LogP contribution in [-0.2, 0) is 0 Å². The molecule has 0 aliphatic rings. The first-order chi connectivity index (χ1) is 4.75. The van der Waals surface area contributed by atoms with E-state index in [1.165, 1.54) is 0 Å². The van der Waals surface area contributed by atoms with Gasteiger partial charge in [-0.25, -0.2) is 4.39 Å². The zero-order chi connectivity index (χ0) is 7.56. The summed E-state index contributed by atoms with van der Waals surface area (Å²) in [5, 5.41) is 2.76. The van der Waals surface area contributed by atoms with Crippen LogP contribution in [0.1, 0.15) is 5.56 Å². The number of nitrogens with one attached hydrogen (secondary N) is 1. The Bertz CT molecular complexity index is 233. The number of hydrogen-bond donors (Lipinski definition) is 1. The van der Waals surface area contributed by atoms with Crippen molar-refractivity contribution in [1.82, 2.24) is 0 Å². The smallest absolute Gasteiger partial charge is 0.149 e. The second-order valence-corrected chi connectivity index (χ2v) is 2.19. The molecule has 0 bridgehead atoms. The zero-order valence-corrected chi connectivity index (χ0v) is 6.11. The van der Waals surface area contributed by atoms with Crippen LogP contribution in [-0.4, -0.2) is 7.05 Å². The summed E-state index contributed by atoms with van der Waals surface area (Å²) >= 11 is 0. The van der Waals surface area contributed by atoms with E-state index < -0.39 is 0 Å². The van der Waals surface area contributed by atoms with Gasteiger partial charge in [0.2, 0.25) is 0 Å². The van der Waals surface area contributed by atoms with Gasteiger partial charge in [0.25, 0.3) is 0 Å². The van der Waals surface area contributed by atoms with Crippen LogP contribution in [0.15, 0.2) is 18.2 Å². The van der Waals surface area contributed by atoms with Gasteiger partial charge in [-0.1, -0.05) is 12.1 Å². The van der Waals surface area contributed by atoms with Crippen molar-refractivity contribution in [2.45, 2.75) is 6.92 Å². The standard InChI is InChI=1S/C8H10FN/c1-6-4-3-5-7(10-2)8(6)9/h3-5,10H,1-2H3. The van der Waals surface area contributed by atoms with E-state index >= 15 is 0 Å². The van der Waals surface area contributed by atoms with Gasteiger partial charge >= 0.3 is 0 Å². The zero-order valence-electron chi connectivity index (χ0n) is 6.11. The van der Waals surface area contributed by atoms with Gasteiger partial charge in [0.15, 0.2) is 0 Å². The van der Waals surface area contributed by atoms with Crippen LogP contribution in [0.3, 0.4) is 0 Å². The molecule has 0 aliphatic heterocycles. The molecule has 0 saturated heterocycles. The summed E-state index contributed by atoms with van der Waals surface area (Å²) in [6.45, 7) is 1.75. The van der Waals surface area contributed by atoms with E-state index in [-0.39, 0.29) is 5.82 Å². The quantitative estimate of drug-likeness (QED) is 0.628. The highest BCUT2D eigenvalue weighted by Gasteiger charge is 2.00. The molecule has 1 aromatic rings. The number of benzene rings is 1. The van der Waals surface area contributed by atoms with Crippen LogP contribution in [0, 0.1) is 12.7 Å². The summed E-state index contributed by atoms with van der Waals surface area (Å²) in [5.74, 6) is -0.162. The minimum absolute atomic E-state index is 0.162. The SMILES string of the molecule is CNc1cccc(C)c1F. The summed E-state index contributed by atoms with van der Waals surface area (Å²) < 4.78 is 12.9. The van der Waals surface area contributed by atoms with Gasteiger partial charge in [0, 0.05) is 7.05 Å². The Morgan fingerprint density at radius 2 is 2.10 bits per heavy atom. The van der Waals surface area contributed by atoms with Crippen LogP contribution in [0.2, 0.25) is 0 Å². The summed E-state index contributed by atoms with van der Waals surface area (Å²) in [5.41, 5.74) is 1.23. The monoisotopic (exact) mass is 139 g/mol. The minimum atomic E-state index is -0.162. The predicted molar refractivity (Wildman–Crippen MR) is 40.7 cm³/mol. The Labute approximate surface area is 59.9 Å². The van der Waals surface area contributed by atoms with Gasteiger partial charge in [-0.05, 0) is 18.6 Å². The van der Waals surface area contributed by atoms with Crippen LogP contribution in [0.5, 0.6) is 0 Å². The van der Waals surface area contributed by atoms with E-state index in [0.717, 1.165) is 0 Å². The topological polar surface area (TPSA) is 12.0 Å². The maximum atomic E-state index is 12.9. The highest BCUT2D eigenvalue weighted by atomic mass is 19.1. The minimum Gasteiger partial charge on any atom is -0.386 e. The molecule has 1 N–H and O–H groups in total. The molecule has 10 heavy (non-hydrogen) atoms. The molecule has 0 amide bonds. The van der Waals surface area contributed by atoms with Crippen molar-refractivity contribution >= 4 is 5.69 Å². The largest absolute Gasteiger partial charge is 0.386 e. The van der Waals surface area contributed by atoms with Gasteiger partial charge in [-0.3, -0.25) is 0 Å². The predicted octanol–water partition coefficient (Wildman–Crippen LogP) is 2.18. The molecule has 0 heterocycles. The first-order valence-corrected chi connectivity index (χ1v) is 3.18. The third-order valence-electron chi connectivity index (χ3n) is 1.46. The van der Waals surface area contributed by atoms with E-state index in [2.05, 4.69) is 5.32 Å². The van der Waals surface area contributed by atoms with E-state index in [0.29, 0.717) is 11.3 Å². The van der Waals surface area contributed by atoms with Gasteiger partial charge in [0.1, 0.15) is 5.82 Å². The Kier molecular flexibility index (Phi) is 1.90. The molecule has 1 aromatic carbocycles. The summed E-state index contributed by atoms with van der Waals surface area (Å²) in [4.78, 5) is 0.